The molecular formula is C21H17ClN6O2S. The van der Waals surface area contributed by atoms with Crippen molar-refractivity contribution >= 4 is 45.9 Å². The second-order valence-corrected chi connectivity index (χ2v) is 7.95. The highest BCUT2D eigenvalue weighted by Gasteiger charge is 2.15. The topological polar surface area (TPSA) is 104 Å². The van der Waals surface area contributed by atoms with Crippen LogP contribution in [0.25, 0.3) is 16.4 Å². The van der Waals surface area contributed by atoms with Crippen molar-refractivity contribution in [3.63, 3.8) is 0 Å². The maximum Gasteiger partial charge on any atom is 0.301 e. The van der Waals surface area contributed by atoms with E-state index >= 15 is 0 Å². The lowest BCUT2D eigenvalue weighted by atomic mass is 10.2. The van der Waals surface area contributed by atoms with E-state index in [0.29, 0.717) is 27.2 Å². The predicted molar refractivity (Wildman–Crippen MR) is 122 cm³/mol. The summed E-state index contributed by atoms with van der Waals surface area (Å²) in [5.74, 6) is -0.153. The first-order valence-electron chi connectivity index (χ1n) is 9.23. The third-order valence-electron chi connectivity index (χ3n) is 4.32. The van der Waals surface area contributed by atoms with Crippen molar-refractivity contribution in [1.82, 2.24) is 14.8 Å². The number of nitrogens with zero attached hydrogens (tertiary/aromatic N) is 4. The first-order chi connectivity index (χ1) is 14.9. The Morgan fingerprint density at radius 1 is 1.13 bits per heavy atom. The molecule has 8 nitrogen and oxygen atoms in total. The van der Waals surface area contributed by atoms with Crippen LogP contribution >= 0.6 is 22.9 Å². The van der Waals surface area contributed by atoms with Gasteiger partial charge in [-0.15, -0.1) is 16.5 Å². The quantitative estimate of drug-likeness (QED) is 0.383. The van der Waals surface area contributed by atoms with Crippen molar-refractivity contribution in [2.45, 2.75) is 13.8 Å². The first kappa shape index (κ1) is 20.7. The molecule has 0 aliphatic carbocycles. The number of azo groups is 1. The molecule has 2 aromatic carbocycles. The normalized spacial score (nSPS) is 11.2. The molecule has 0 atom stereocenters. The zero-order valence-electron chi connectivity index (χ0n) is 16.6. The summed E-state index contributed by atoms with van der Waals surface area (Å²) in [6, 6.07) is 14.2. The van der Waals surface area contributed by atoms with E-state index in [9.17, 15) is 9.59 Å². The molecule has 2 N–H and O–H groups in total. The number of aromatic nitrogens is 3. The second-order valence-electron chi connectivity index (χ2n) is 6.68. The van der Waals surface area contributed by atoms with Crippen LogP contribution in [0.15, 0.2) is 68.9 Å². The van der Waals surface area contributed by atoms with Crippen LogP contribution in [0.2, 0.25) is 5.02 Å². The van der Waals surface area contributed by atoms with Gasteiger partial charge < -0.3 is 5.32 Å². The van der Waals surface area contributed by atoms with Crippen LogP contribution in [0.5, 0.6) is 0 Å². The van der Waals surface area contributed by atoms with Gasteiger partial charge in [-0.2, -0.15) is 9.80 Å². The smallest absolute Gasteiger partial charge is 0.301 e. The molecule has 1 amide bonds. The molecule has 2 aromatic heterocycles. The Balaban J connectivity index is 1.58. The summed E-state index contributed by atoms with van der Waals surface area (Å²) in [5.41, 5.74) is 3.31. The first-order valence-corrected chi connectivity index (χ1v) is 10.5. The third-order valence-corrected chi connectivity index (χ3v) is 5.39. The minimum atomic E-state index is -0.340. The molecule has 0 aliphatic rings. The van der Waals surface area contributed by atoms with Crippen LogP contribution in [0.4, 0.5) is 17.1 Å². The molecule has 0 radical (unpaired) electrons. The van der Waals surface area contributed by atoms with Crippen molar-refractivity contribution in [2.75, 3.05) is 5.32 Å². The summed E-state index contributed by atoms with van der Waals surface area (Å²) in [6.45, 7) is 3.19. The van der Waals surface area contributed by atoms with Gasteiger partial charge in [-0.05, 0) is 43.3 Å². The number of benzene rings is 2. The number of anilines is 1. The lowest BCUT2D eigenvalue weighted by molar-refractivity contribution is -0.114. The molecule has 0 aliphatic heterocycles. The molecule has 0 saturated heterocycles. The van der Waals surface area contributed by atoms with Crippen LogP contribution < -0.4 is 10.9 Å². The van der Waals surface area contributed by atoms with Gasteiger partial charge >= 0.3 is 5.56 Å². The summed E-state index contributed by atoms with van der Waals surface area (Å²) in [7, 11) is 0. The van der Waals surface area contributed by atoms with Crippen molar-refractivity contribution < 1.29 is 4.79 Å². The van der Waals surface area contributed by atoms with Gasteiger partial charge in [-0.25, -0.2) is 4.98 Å². The highest BCUT2D eigenvalue weighted by molar-refractivity contribution is 7.12. The number of nitrogens with one attached hydrogen (secondary N) is 2. The summed E-state index contributed by atoms with van der Waals surface area (Å²) in [4.78, 5) is 28.5. The number of amides is 1. The van der Waals surface area contributed by atoms with Crippen LogP contribution in [0, 0.1) is 6.92 Å². The fraction of sp³-hybridized carbons (Fsp3) is 0.0952. The Labute approximate surface area is 186 Å². The molecule has 0 unspecified atom stereocenters. The monoisotopic (exact) mass is 452 g/mol. The SMILES string of the molecule is CC(=O)Nc1ccc(N=Nc2c(C)[nH]n(-c3nc(-c4ccc(Cl)cc4)cs3)c2=O)cc1. The Morgan fingerprint density at radius 2 is 1.84 bits per heavy atom. The molecule has 2 heterocycles. The van der Waals surface area contributed by atoms with Crippen molar-refractivity contribution in [1.29, 1.82) is 0 Å². The van der Waals surface area contributed by atoms with E-state index in [4.69, 9.17) is 11.6 Å². The van der Waals surface area contributed by atoms with Gasteiger partial charge in [0.05, 0.1) is 17.1 Å². The molecule has 0 fully saturated rings. The lowest BCUT2D eigenvalue weighted by Gasteiger charge is -2.00. The molecule has 10 heteroatoms. The van der Waals surface area contributed by atoms with Gasteiger partial charge in [0.25, 0.3) is 0 Å². The van der Waals surface area contributed by atoms with E-state index in [-0.39, 0.29) is 17.2 Å². The Morgan fingerprint density at radius 3 is 2.52 bits per heavy atom. The number of hydrogen-bond acceptors (Lipinski definition) is 6. The fourth-order valence-corrected chi connectivity index (χ4v) is 3.75. The van der Waals surface area contributed by atoms with E-state index in [1.165, 1.54) is 22.9 Å². The van der Waals surface area contributed by atoms with Gasteiger partial charge in [-0.3, -0.25) is 14.7 Å². The number of carbonyl (C=O) groups excluding carboxylic acids is 1. The van der Waals surface area contributed by atoms with Gasteiger partial charge in [0, 0.05) is 28.6 Å². The number of hydrogen-bond donors (Lipinski definition) is 2. The number of aromatic amines is 1. The molecule has 31 heavy (non-hydrogen) atoms. The third kappa shape index (κ3) is 4.62. The highest BCUT2D eigenvalue weighted by Crippen LogP contribution is 2.26. The number of rotatable bonds is 5. The van der Waals surface area contributed by atoms with Crippen molar-refractivity contribution in [3.8, 4) is 16.4 Å². The van der Waals surface area contributed by atoms with E-state index in [1.807, 2.05) is 17.5 Å². The molecule has 0 spiro atoms. The van der Waals surface area contributed by atoms with Crippen molar-refractivity contribution in [3.05, 3.63) is 75.0 Å². The predicted octanol–water partition coefficient (Wildman–Crippen LogP) is 5.62. The number of thiazole rings is 1. The zero-order chi connectivity index (χ0) is 22.0. The number of carbonyl (C=O) groups is 1. The van der Waals surface area contributed by atoms with Crippen LogP contribution in [0.3, 0.4) is 0 Å². The molecule has 4 rings (SSSR count). The largest absolute Gasteiger partial charge is 0.326 e. The lowest BCUT2D eigenvalue weighted by Crippen LogP contribution is -2.13. The van der Waals surface area contributed by atoms with Crippen LogP contribution in [-0.4, -0.2) is 20.7 Å². The molecule has 4 aromatic rings. The number of aryl methyl sites for hydroxylation is 1. The van der Waals surface area contributed by atoms with Crippen LogP contribution in [0.1, 0.15) is 12.6 Å². The zero-order valence-corrected chi connectivity index (χ0v) is 18.2. The van der Waals surface area contributed by atoms with Gasteiger partial charge in [0.2, 0.25) is 11.0 Å². The Hall–Kier alpha value is -3.56. The molecular weight excluding hydrogens is 436 g/mol. The number of H-pyrrole nitrogens is 1. The summed E-state index contributed by atoms with van der Waals surface area (Å²) in [6.07, 6.45) is 0. The average Bonchev–Trinajstić information content (AvgIpc) is 3.33. The second kappa shape index (κ2) is 8.66. The average molecular weight is 453 g/mol. The van der Waals surface area contributed by atoms with E-state index < -0.39 is 0 Å². The Bertz CT molecular complexity index is 1320. The fourth-order valence-electron chi connectivity index (χ4n) is 2.83. The highest BCUT2D eigenvalue weighted by atomic mass is 35.5. The van der Waals surface area contributed by atoms with Gasteiger partial charge in [-0.1, -0.05) is 23.7 Å². The molecule has 0 bridgehead atoms. The summed E-state index contributed by atoms with van der Waals surface area (Å²) in [5, 5.41) is 17.0. The molecule has 156 valence electrons. The minimum absolute atomic E-state index is 0.153. The van der Waals surface area contributed by atoms with Gasteiger partial charge in [0.15, 0.2) is 5.69 Å². The van der Waals surface area contributed by atoms with E-state index in [0.717, 1.165) is 11.3 Å². The maximum atomic E-state index is 12.9. The van der Waals surface area contributed by atoms with Crippen molar-refractivity contribution in [2.24, 2.45) is 10.2 Å². The Kier molecular flexibility index (Phi) is 5.79. The van der Waals surface area contributed by atoms with E-state index in [2.05, 4.69) is 25.6 Å². The minimum Gasteiger partial charge on any atom is -0.326 e. The summed E-state index contributed by atoms with van der Waals surface area (Å²) < 4.78 is 1.35. The van der Waals surface area contributed by atoms with E-state index in [1.54, 1.807) is 43.3 Å². The molecule has 0 saturated carbocycles. The standard InChI is InChI=1S/C21H17ClN6O2S/c1-12-19(26-25-17-9-7-16(8-10-17)23-13(2)29)20(30)28(27-12)21-24-18(11-31-21)14-3-5-15(22)6-4-14/h3-11,27H,1-2H3,(H,23,29). The number of halogens is 1. The van der Waals surface area contributed by atoms with Gasteiger partial charge in [0.1, 0.15) is 0 Å². The maximum absolute atomic E-state index is 12.9. The summed E-state index contributed by atoms with van der Waals surface area (Å²) >= 11 is 7.28. The van der Waals surface area contributed by atoms with Crippen LogP contribution in [-0.2, 0) is 4.79 Å².